The molecule has 0 aromatic heterocycles. The molecule has 0 amide bonds. The van der Waals surface area contributed by atoms with Crippen LogP contribution in [0.2, 0.25) is 0 Å². The molecular formula is C19H27N. The van der Waals surface area contributed by atoms with Gasteiger partial charge in [0.1, 0.15) is 0 Å². The largest absolute Gasteiger partial charge is 0.398 e. The van der Waals surface area contributed by atoms with Crippen LogP contribution in [0, 0.1) is 30.1 Å². The Balaban J connectivity index is 1.71. The minimum atomic E-state index is 0.566. The van der Waals surface area contributed by atoms with Crippen molar-refractivity contribution in [2.75, 3.05) is 5.73 Å². The fourth-order valence-electron chi connectivity index (χ4n) is 6.11. The minimum Gasteiger partial charge on any atom is -0.398 e. The van der Waals surface area contributed by atoms with Gasteiger partial charge in [-0.25, -0.2) is 0 Å². The molecule has 4 aliphatic carbocycles. The lowest BCUT2D eigenvalue weighted by molar-refractivity contribution is -0.0655. The Kier molecular flexibility index (Phi) is 2.71. The average Bonchev–Trinajstić information content (AvgIpc) is 2.39. The summed E-state index contributed by atoms with van der Waals surface area (Å²) in [6.07, 6.45) is 8.97. The maximum Gasteiger partial charge on any atom is 0.0349 e. The predicted octanol–water partition coefficient (Wildman–Crippen LogP) is 4.90. The molecule has 1 aromatic rings. The number of nitrogen functional groups attached to an aromatic ring is 1. The SMILES string of the molecule is Cc1ccc(N)c(C(C)C23CC4CC(CC(C4)C2)C3)c1. The highest BCUT2D eigenvalue weighted by atomic mass is 14.6. The minimum absolute atomic E-state index is 0.566. The van der Waals surface area contributed by atoms with Gasteiger partial charge in [-0.1, -0.05) is 24.6 Å². The van der Waals surface area contributed by atoms with Crippen LogP contribution in [0.1, 0.15) is 62.5 Å². The van der Waals surface area contributed by atoms with Crippen molar-refractivity contribution in [3.8, 4) is 0 Å². The smallest absolute Gasteiger partial charge is 0.0349 e. The molecule has 1 nitrogen and oxygen atoms in total. The number of benzene rings is 1. The second-order valence-electron chi connectivity index (χ2n) is 8.13. The summed E-state index contributed by atoms with van der Waals surface area (Å²) in [5, 5.41) is 0. The predicted molar refractivity (Wildman–Crippen MR) is 84.6 cm³/mol. The number of hydrogen-bond donors (Lipinski definition) is 1. The van der Waals surface area contributed by atoms with Gasteiger partial charge in [0.2, 0.25) is 0 Å². The van der Waals surface area contributed by atoms with E-state index >= 15 is 0 Å². The highest BCUT2D eigenvalue weighted by molar-refractivity contribution is 5.51. The van der Waals surface area contributed by atoms with Crippen LogP contribution in [-0.4, -0.2) is 0 Å². The van der Waals surface area contributed by atoms with Gasteiger partial charge in [-0.15, -0.1) is 0 Å². The standard InChI is InChI=1S/C19H27N/c1-12-3-4-18(20)17(5-12)13(2)19-9-14-6-15(10-19)8-16(7-14)11-19/h3-5,13-16H,6-11,20H2,1-2H3. The Morgan fingerprint density at radius 2 is 1.60 bits per heavy atom. The topological polar surface area (TPSA) is 26.0 Å². The van der Waals surface area contributed by atoms with Crippen molar-refractivity contribution in [3.05, 3.63) is 29.3 Å². The van der Waals surface area contributed by atoms with Crippen LogP contribution in [0.15, 0.2) is 18.2 Å². The molecule has 0 radical (unpaired) electrons. The zero-order valence-electron chi connectivity index (χ0n) is 12.9. The van der Waals surface area contributed by atoms with Crippen LogP contribution in [0.3, 0.4) is 0 Å². The van der Waals surface area contributed by atoms with Crippen LogP contribution in [-0.2, 0) is 0 Å². The lowest BCUT2D eigenvalue weighted by atomic mass is 9.46. The summed E-state index contributed by atoms with van der Waals surface area (Å²) in [6, 6.07) is 6.60. The molecule has 0 heterocycles. The van der Waals surface area contributed by atoms with Gasteiger partial charge in [-0.3, -0.25) is 0 Å². The third-order valence-electron chi connectivity index (χ3n) is 6.71. The molecule has 5 rings (SSSR count). The zero-order chi connectivity index (χ0) is 13.9. The van der Waals surface area contributed by atoms with E-state index in [0.717, 1.165) is 23.4 Å². The van der Waals surface area contributed by atoms with Crippen LogP contribution >= 0.6 is 0 Å². The third-order valence-corrected chi connectivity index (χ3v) is 6.71. The van der Waals surface area contributed by atoms with E-state index in [-0.39, 0.29) is 0 Å². The first-order valence-corrected chi connectivity index (χ1v) is 8.42. The molecule has 20 heavy (non-hydrogen) atoms. The van der Waals surface area contributed by atoms with E-state index in [9.17, 15) is 0 Å². The molecule has 0 spiro atoms. The molecule has 4 aliphatic rings. The average molecular weight is 269 g/mol. The van der Waals surface area contributed by atoms with Crippen LogP contribution in [0.25, 0.3) is 0 Å². The molecular weight excluding hydrogens is 242 g/mol. The van der Waals surface area contributed by atoms with Crippen LogP contribution in [0.4, 0.5) is 5.69 Å². The van der Waals surface area contributed by atoms with Gasteiger partial charge in [0, 0.05) is 5.69 Å². The molecule has 0 aliphatic heterocycles. The number of rotatable bonds is 2. The molecule has 4 saturated carbocycles. The maximum atomic E-state index is 6.31. The number of aryl methyl sites for hydroxylation is 1. The first kappa shape index (κ1) is 12.7. The van der Waals surface area contributed by atoms with Gasteiger partial charge in [0.25, 0.3) is 0 Å². The quantitative estimate of drug-likeness (QED) is 0.759. The fourth-order valence-corrected chi connectivity index (χ4v) is 6.11. The van der Waals surface area contributed by atoms with E-state index in [1.165, 1.54) is 49.7 Å². The summed E-state index contributed by atoms with van der Waals surface area (Å²) in [5.41, 5.74) is 10.7. The molecule has 4 bridgehead atoms. The Morgan fingerprint density at radius 3 is 2.15 bits per heavy atom. The monoisotopic (exact) mass is 269 g/mol. The summed E-state index contributed by atoms with van der Waals surface area (Å²) >= 11 is 0. The van der Waals surface area contributed by atoms with Gasteiger partial charge in [0.15, 0.2) is 0 Å². The number of hydrogen-bond acceptors (Lipinski definition) is 1. The van der Waals surface area contributed by atoms with E-state index in [1.54, 1.807) is 0 Å². The van der Waals surface area contributed by atoms with Gasteiger partial charge in [-0.05, 0) is 86.2 Å². The summed E-state index contributed by atoms with van der Waals surface area (Å²) in [6.45, 7) is 4.65. The van der Waals surface area contributed by atoms with Crippen molar-refractivity contribution in [2.24, 2.45) is 23.2 Å². The summed E-state index contributed by atoms with van der Waals surface area (Å²) in [5.74, 6) is 3.70. The van der Waals surface area contributed by atoms with Crippen molar-refractivity contribution in [1.29, 1.82) is 0 Å². The zero-order valence-corrected chi connectivity index (χ0v) is 12.9. The van der Waals surface area contributed by atoms with Crippen LogP contribution < -0.4 is 5.73 Å². The Morgan fingerprint density at radius 1 is 1.05 bits per heavy atom. The lowest BCUT2D eigenvalue weighted by Gasteiger charge is -2.59. The van der Waals surface area contributed by atoms with Crippen molar-refractivity contribution in [3.63, 3.8) is 0 Å². The van der Waals surface area contributed by atoms with Crippen molar-refractivity contribution < 1.29 is 0 Å². The number of nitrogens with two attached hydrogens (primary N) is 1. The van der Waals surface area contributed by atoms with E-state index < -0.39 is 0 Å². The highest BCUT2D eigenvalue weighted by Gasteiger charge is 2.53. The second-order valence-corrected chi connectivity index (χ2v) is 8.13. The van der Waals surface area contributed by atoms with E-state index in [4.69, 9.17) is 5.73 Å². The second kappa shape index (κ2) is 4.26. The summed E-state index contributed by atoms with van der Waals surface area (Å²) < 4.78 is 0. The molecule has 108 valence electrons. The molecule has 1 heteroatoms. The van der Waals surface area contributed by atoms with E-state index in [2.05, 4.69) is 32.0 Å². The van der Waals surface area contributed by atoms with E-state index in [1.807, 2.05) is 0 Å². The molecule has 4 fully saturated rings. The molecule has 0 saturated heterocycles. The Hall–Kier alpha value is -0.980. The third kappa shape index (κ3) is 1.82. The molecule has 1 aromatic carbocycles. The normalized spacial score (nSPS) is 40.0. The Labute approximate surface area is 122 Å². The molecule has 2 N–H and O–H groups in total. The van der Waals surface area contributed by atoms with Crippen molar-refractivity contribution in [1.82, 2.24) is 0 Å². The van der Waals surface area contributed by atoms with Crippen molar-refractivity contribution in [2.45, 2.75) is 58.3 Å². The summed E-state index contributed by atoms with van der Waals surface area (Å²) in [7, 11) is 0. The summed E-state index contributed by atoms with van der Waals surface area (Å²) in [4.78, 5) is 0. The maximum absolute atomic E-state index is 6.31. The van der Waals surface area contributed by atoms with E-state index in [0.29, 0.717) is 11.3 Å². The van der Waals surface area contributed by atoms with Crippen LogP contribution in [0.5, 0.6) is 0 Å². The number of anilines is 1. The first-order chi connectivity index (χ1) is 9.56. The fraction of sp³-hybridized carbons (Fsp3) is 0.684. The van der Waals surface area contributed by atoms with Gasteiger partial charge in [0.05, 0.1) is 0 Å². The van der Waals surface area contributed by atoms with Crippen molar-refractivity contribution >= 4 is 5.69 Å². The molecule has 1 atom stereocenters. The van der Waals surface area contributed by atoms with Gasteiger partial charge >= 0.3 is 0 Å². The molecule has 1 unspecified atom stereocenters. The lowest BCUT2D eigenvalue weighted by Crippen LogP contribution is -2.48. The highest BCUT2D eigenvalue weighted by Crippen LogP contribution is 2.64. The van der Waals surface area contributed by atoms with Gasteiger partial charge < -0.3 is 5.73 Å². The first-order valence-electron chi connectivity index (χ1n) is 8.42. The Bertz CT molecular complexity index is 495. The van der Waals surface area contributed by atoms with Gasteiger partial charge in [-0.2, -0.15) is 0 Å².